The molecule has 1 aliphatic heterocycles. The van der Waals surface area contributed by atoms with Crippen LogP contribution in [0.25, 0.3) is 0 Å². The molecular weight excluding hydrogens is 310 g/mol. The number of nitrogens with zero attached hydrogens (tertiary/aromatic N) is 1. The third kappa shape index (κ3) is 4.84. The van der Waals surface area contributed by atoms with Crippen LogP contribution < -0.4 is 0 Å². The average molecular weight is 344 g/mol. The van der Waals surface area contributed by atoms with Gasteiger partial charge in [-0.2, -0.15) is 0 Å². The van der Waals surface area contributed by atoms with E-state index >= 15 is 0 Å². The largest absolute Gasteiger partial charge is 0.481 e. The van der Waals surface area contributed by atoms with Gasteiger partial charge in [-0.05, 0) is 76.1 Å². The fourth-order valence-corrected chi connectivity index (χ4v) is 4.88. The van der Waals surface area contributed by atoms with Crippen LogP contribution in [0.5, 0.6) is 0 Å². The number of benzene rings is 1. The lowest BCUT2D eigenvalue weighted by Gasteiger charge is -2.31. The Morgan fingerprint density at radius 3 is 2.36 bits per heavy atom. The zero-order valence-electron chi connectivity index (χ0n) is 15.5. The molecule has 3 heteroatoms. The van der Waals surface area contributed by atoms with Gasteiger partial charge in [-0.15, -0.1) is 0 Å². The number of carboxylic acids is 1. The monoisotopic (exact) mass is 343 g/mol. The Balaban J connectivity index is 1.64. The summed E-state index contributed by atoms with van der Waals surface area (Å²) in [6.07, 6.45) is 11.0. The van der Waals surface area contributed by atoms with Crippen LogP contribution in [0.2, 0.25) is 0 Å². The van der Waals surface area contributed by atoms with Gasteiger partial charge in [-0.1, -0.05) is 49.6 Å². The van der Waals surface area contributed by atoms with Gasteiger partial charge in [0.25, 0.3) is 0 Å². The fourth-order valence-electron chi connectivity index (χ4n) is 4.88. The Hall–Kier alpha value is -1.35. The molecule has 1 saturated heterocycles. The number of carbonyl (C=O) groups is 1. The number of hydrogen-bond acceptors (Lipinski definition) is 2. The lowest BCUT2D eigenvalue weighted by atomic mass is 9.74. The second kappa shape index (κ2) is 8.84. The highest BCUT2D eigenvalue weighted by Crippen LogP contribution is 2.46. The Bertz CT molecular complexity index is 530. The zero-order valence-corrected chi connectivity index (χ0v) is 15.5. The van der Waals surface area contributed by atoms with Crippen molar-refractivity contribution in [2.24, 2.45) is 5.41 Å². The van der Waals surface area contributed by atoms with Crippen molar-refractivity contribution in [2.45, 2.75) is 70.1 Å². The maximum Gasteiger partial charge on any atom is 0.309 e. The normalized spacial score (nSPS) is 21.9. The standard InChI is InChI=1S/C22H33NO2/c24-21(25)22(13-5-6-14-22)18-20(19-10-3-1-4-11-19)12-9-17-23-15-7-2-8-16-23/h1,3-4,10-11,20H,2,5-9,12-18H2,(H,24,25)/t20-/m0/s1. The molecule has 0 aromatic heterocycles. The van der Waals surface area contributed by atoms with Crippen LogP contribution in [-0.4, -0.2) is 35.6 Å². The first-order valence-electron chi connectivity index (χ1n) is 10.2. The minimum atomic E-state index is -0.568. The van der Waals surface area contributed by atoms with E-state index in [1.165, 1.54) is 50.9 Å². The number of hydrogen-bond donors (Lipinski definition) is 1. The second-order valence-electron chi connectivity index (χ2n) is 8.15. The van der Waals surface area contributed by atoms with Crippen molar-refractivity contribution < 1.29 is 9.90 Å². The van der Waals surface area contributed by atoms with Crippen molar-refractivity contribution in [1.29, 1.82) is 0 Å². The molecule has 25 heavy (non-hydrogen) atoms. The molecule has 0 spiro atoms. The molecule has 2 fully saturated rings. The van der Waals surface area contributed by atoms with E-state index in [-0.39, 0.29) is 0 Å². The predicted octanol–water partition coefficient (Wildman–Crippen LogP) is 5.07. The molecule has 1 saturated carbocycles. The molecule has 0 bridgehead atoms. The third-order valence-corrected chi connectivity index (χ3v) is 6.40. The molecule has 0 radical (unpaired) electrons. The summed E-state index contributed by atoms with van der Waals surface area (Å²) in [7, 11) is 0. The van der Waals surface area contributed by atoms with Crippen molar-refractivity contribution in [1.82, 2.24) is 4.90 Å². The first-order valence-corrected chi connectivity index (χ1v) is 10.2. The Morgan fingerprint density at radius 2 is 1.72 bits per heavy atom. The van der Waals surface area contributed by atoms with Gasteiger partial charge in [0, 0.05) is 0 Å². The summed E-state index contributed by atoms with van der Waals surface area (Å²) < 4.78 is 0. The molecule has 1 aliphatic carbocycles. The van der Waals surface area contributed by atoms with E-state index in [1.54, 1.807) is 0 Å². The van der Waals surface area contributed by atoms with Crippen LogP contribution in [0, 0.1) is 5.41 Å². The molecule has 3 rings (SSSR count). The highest BCUT2D eigenvalue weighted by molar-refractivity contribution is 5.75. The molecule has 1 aromatic rings. The molecule has 2 aliphatic rings. The summed E-state index contributed by atoms with van der Waals surface area (Å²) in [5.74, 6) is -0.192. The molecule has 1 N–H and O–H groups in total. The van der Waals surface area contributed by atoms with E-state index in [0.717, 1.165) is 38.5 Å². The quantitative estimate of drug-likeness (QED) is 0.716. The van der Waals surface area contributed by atoms with Crippen molar-refractivity contribution in [3.8, 4) is 0 Å². The van der Waals surface area contributed by atoms with Crippen molar-refractivity contribution in [3.63, 3.8) is 0 Å². The predicted molar refractivity (Wildman–Crippen MR) is 102 cm³/mol. The van der Waals surface area contributed by atoms with Gasteiger partial charge in [0.2, 0.25) is 0 Å². The molecule has 3 nitrogen and oxygen atoms in total. The van der Waals surface area contributed by atoms with Crippen molar-refractivity contribution >= 4 is 5.97 Å². The van der Waals surface area contributed by atoms with Crippen LogP contribution in [0.4, 0.5) is 0 Å². The molecule has 0 amide bonds. The lowest BCUT2D eigenvalue weighted by Crippen LogP contribution is -2.32. The summed E-state index contributed by atoms with van der Waals surface area (Å²) in [6.45, 7) is 3.66. The van der Waals surface area contributed by atoms with Crippen LogP contribution in [0.15, 0.2) is 30.3 Å². The van der Waals surface area contributed by atoms with Gasteiger partial charge in [-0.3, -0.25) is 4.79 Å². The van der Waals surface area contributed by atoms with E-state index in [9.17, 15) is 9.90 Å². The molecule has 1 atom stereocenters. The molecule has 0 unspecified atom stereocenters. The average Bonchev–Trinajstić information content (AvgIpc) is 3.13. The highest BCUT2D eigenvalue weighted by Gasteiger charge is 2.42. The number of aliphatic carboxylic acids is 1. The molecule has 1 aromatic carbocycles. The molecule has 1 heterocycles. The summed E-state index contributed by atoms with van der Waals surface area (Å²) in [4.78, 5) is 14.6. The van der Waals surface area contributed by atoms with E-state index in [2.05, 4.69) is 35.2 Å². The second-order valence-corrected chi connectivity index (χ2v) is 8.15. The fraction of sp³-hybridized carbons (Fsp3) is 0.682. The van der Waals surface area contributed by atoms with Crippen LogP contribution >= 0.6 is 0 Å². The first-order chi connectivity index (χ1) is 12.2. The minimum absolute atomic E-state index is 0.375. The van der Waals surface area contributed by atoms with E-state index in [0.29, 0.717) is 5.92 Å². The van der Waals surface area contributed by atoms with Gasteiger partial charge >= 0.3 is 5.97 Å². The number of piperidine rings is 1. The van der Waals surface area contributed by atoms with E-state index in [4.69, 9.17) is 0 Å². The molecular formula is C22H33NO2. The maximum absolute atomic E-state index is 12.0. The molecule has 138 valence electrons. The van der Waals surface area contributed by atoms with Crippen LogP contribution in [0.3, 0.4) is 0 Å². The summed E-state index contributed by atoms with van der Waals surface area (Å²) in [5, 5.41) is 9.88. The maximum atomic E-state index is 12.0. The van der Waals surface area contributed by atoms with Crippen LogP contribution in [0.1, 0.15) is 75.7 Å². The summed E-state index contributed by atoms with van der Waals surface area (Å²) >= 11 is 0. The van der Waals surface area contributed by atoms with Gasteiger partial charge in [-0.25, -0.2) is 0 Å². The van der Waals surface area contributed by atoms with Gasteiger partial charge in [0.05, 0.1) is 5.41 Å². The van der Waals surface area contributed by atoms with E-state index < -0.39 is 11.4 Å². The van der Waals surface area contributed by atoms with Gasteiger partial charge in [0.1, 0.15) is 0 Å². The summed E-state index contributed by atoms with van der Waals surface area (Å²) in [5.41, 5.74) is 0.847. The Morgan fingerprint density at radius 1 is 1.04 bits per heavy atom. The smallest absolute Gasteiger partial charge is 0.309 e. The Labute approximate surface area is 152 Å². The van der Waals surface area contributed by atoms with Crippen molar-refractivity contribution in [3.05, 3.63) is 35.9 Å². The number of rotatable bonds is 8. The SMILES string of the molecule is O=C(O)C1(C[C@H](CCCN2CCCCC2)c2ccccc2)CCCC1. The van der Waals surface area contributed by atoms with Gasteiger partial charge < -0.3 is 10.0 Å². The highest BCUT2D eigenvalue weighted by atomic mass is 16.4. The summed E-state index contributed by atoms with van der Waals surface area (Å²) in [6, 6.07) is 10.6. The van der Waals surface area contributed by atoms with E-state index in [1.807, 2.05) is 0 Å². The number of likely N-dealkylation sites (tertiary alicyclic amines) is 1. The van der Waals surface area contributed by atoms with Crippen LogP contribution in [-0.2, 0) is 4.79 Å². The third-order valence-electron chi connectivity index (χ3n) is 6.40. The topological polar surface area (TPSA) is 40.5 Å². The van der Waals surface area contributed by atoms with Crippen molar-refractivity contribution in [2.75, 3.05) is 19.6 Å². The first kappa shape index (κ1) is 18.4. The number of carboxylic acid groups (broad SMARTS) is 1. The minimum Gasteiger partial charge on any atom is -0.481 e. The zero-order chi connectivity index (χ0) is 17.5. The Kier molecular flexibility index (Phi) is 6.52. The van der Waals surface area contributed by atoms with Gasteiger partial charge in [0.15, 0.2) is 0 Å². The lowest BCUT2D eigenvalue weighted by molar-refractivity contribution is -0.149.